The average Bonchev–Trinajstić information content (AvgIpc) is 2.90. The highest BCUT2D eigenvalue weighted by Crippen LogP contribution is 2.13. The number of hydrogen-bond acceptors (Lipinski definition) is 4. The molecule has 0 saturated carbocycles. The van der Waals surface area contributed by atoms with Crippen LogP contribution in [-0.4, -0.2) is 34.1 Å². The van der Waals surface area contributed by atoms with Crippen molar-refractivity contribution in [1.82, 2.24) is 10.1 Å². The lowest BCUT2D eigenvalue weighted by molar-refractivity contribution is 0.0649. The summed E-state index contributed by atoms with van der Waals surface area (Å²) in [5.74, 6) is -2.01. The summed E-state index contributed by atoms with van der Waals surface area (Å²) in [5, 5.41) is 12.2. The van der Waals surface area contributed by atoms with Crippen molar-refractivity contribution in [3.63, 3.8) is 0 Å². The average molecular weight is 339 g/mol. The zero-order valence-corrected chi connectivity index (χ0v) is 12.1. The number of carboxylic acids is 1. The van der Waals surface area contributed by atoms with Gasteiger partial charge in [-0.05, 0) is 17.7 Å². The molecule has 2 rings (SSSR count). The summed E-state index contributed by atoms with van der Waals surface area (Å²) in [5.41, 5.74) is 0.924. The first kappa shape index (κ1) is 14.3. The summed E-state index contributed by atoms with van der Waals surface area (Å²) in [6.45, 7) is 0.390. The number of aromatic nitrogens is 1. The van der Waals surface area contributed by atoms with Crippen LogP contribution in [0.5, 0.6) is 0 Å². The van der Waals surface area contributed by atoms with Gasteiger partial charge < -0.3 is 14.5 Å². The molecule has 1 aromatic carbocycles. The van der Waals surface area contributed by atoms with E-state index in [1.807, 2.05) is 24.3 Å². The Morgan fingerprint density at radius 3 is 2.55 bits per heavy atom. The Bertz CT molecular complexity index is 636. The van der Waals surface area contributed by atoms with E-state index in [1.54, 1.807) is 7.05 Å². The van der Waals surface area contributed by atoms with E-state index in [9.17, 15) is 9.59 Å². The third kappa shape index (κ3) is 3.24. The molecule has 0 atom stereocenters. The molecule has 0 radical (unpaired) electrons. The molecule has 6 nitrogen and oxygen atoms in total. The van der Waals surface area contributed by atoms with Gasteiger partial charge in [-0.3, -0.25) is 4.79 Å². The molecule has 0 bridgehead atoms. The Morgan fingerprint density at radius 2 is 2.00 bits per heavy atom. The van der Waals surface area contributed by atoms with Crippen molar-refractivity contribution in [2.24, 2.45) is 0 Å². The summed E-state index contributed by atoms with van der Waals surface area (Å²) in [7, 11) is 1.61. The number of benzene rings is 1. The van der Waals surface area contributed by atoms with Gasteiger partial charge >= 0.3 is 5.97 Å². The van der Waals surface area contributed by atoms with Crippen molar-refractivity contribution in [3.05, 3.63) is 51.8 Å². The van der Waals surface area contributed by atoms with Gasteiger partial charge in [0.2, 0.25) is 5.76 Å². The molecule has 2 aromatic rings. The minimum atomic E-state index is -1.26. The number of halogens is 1. The van der Waals surface area contributed by atoms with Crippen LogP contribution in [0, 0.1) is 0 Å². The fraction of sp³-hybridized carbons (Fsp3) is 0.154. The molecular weight excluding hydrogens is 328 g/mol. The molecule has 104 valence electrons. The lowest BCUT2D eigenvalue weighted by Crippen LogP contribution is -2.26. The number of aromatic carboxylic acids is 1. The zero-order valence-electron chi connectivity index (χ0n) is 10.5. The van der Waals surface area contributed by atoms with Gasteiger partial charge in [-0.1, -0.05) is 33.2 Å². The largest absolute Gasteiger partial charge is 0.475 e. The predicted molar refractivity (Wildman–Crippen MR) is 73.4 cm³/mol. The van der Waals surface area contributed by atoms with Crippen LogP contribution in [-0.2, 0) is 6.54 Å². The first-order valence-electron chi connectivity index (χ1n) is 5.67. The van der Waals surface area contributed by atoms with E-state index in [-0.39, 0.29) is 11.5 Å². The quantitative estimate of drug-likeness (QED) is 0.925. The van der Waals surface area contributed by atoms with Crippen LogP contribution in [0.3, 0.4) is 0 Å². The van der Waals surface area contributed by atoms with Crippen molar-refractivity contribution in [1.29, 1.82) is 0 Å². The standard InChI is InChI=1S/C13H11BrN2O4/c1-16(7-8-2-4-9(14)5-3-8)12(17)10-6-11(13(18)19)20-15-10/h2-6H,7H2,1H3,(H,18,19). The number of hydrogen-bond donors (Lipinski definition) is 1. The van der Waals surface area contributed by atoms with Gasteiger partial charge in [0.15, 0.2) is 5.69 Å². The van der Waals surface area contributed by atoms with E-state index in [2.05, 4.69) is 25.6 Å². The van der Waals surface area contributed by atoms with E-state index in [0.717, 1.165) is 16.1 Å². The van der Waals surface area contributed by atoms with Gasteiger partial charge in [-0.2, -0.15) is 0 Å². The Morgan fingerprint density at radius 1 is 1.35 bits per heavy atom. The number of carboxylic acid groups (broad SMARTS) is 1. The third-order valence-corrected chi connectivity index (χ3v) is 3.15. The third-order valence-electron chi connectivity index (χ3n) is 2.62. The van der Waals surface area contributed by atoms with Crippen LogP contribution in [0.4, 0.5) is 0 Å². The van der Waals surface area contributed by atoms with Crippen LogP contribution in [0.15, 0.2) is 39.3 Å². The number of carbonyl (C=O) groups excluding carboxylic acids is 1. The normalized spacial score (nSPS) is 10.3. The summed E-state index contributed by atoms with van der Waals surface area (Å²) in [6.07, 6.45) is 0. The molecular formula is C13H11BrN2O4. The first-order chi connectivity index (χ1) is 9.47. The van der Waals surface area contributed by atoms with E-state index < -0.39 is 11.9 Å². The van der Waals surface area contributed by atoms with Gasteiger partial charge in [0.05, 0.1) is 0 Å². The number of carbonyl (C=O) groups is 2. The minimum absolute atomic E-state index is 0.0259. The SMILES string of the molecule is CN(Cc1ccc(Br)cc1)C(=O)c1cc(C(=O)O)on1. The van der Waals surface area contributed by atoms with Gasteiger partial charge in [-0.25, -0.2) is 4.79 Å². The van der Waals surface area contributed by atoms with Gasteiger partial charge in [-0.15, -0.1) is 0 Å². The maximum absolute atomic E-state index is 12.1. The Kier molecular flexibility index (Phi) is 4.19. The van der Waals surface area contributed by atoms with Crippen molar-refractivity contribution in [2.45, 2.75) is 6.54 Å². The summed E-state index contributed by atoms with van der Waals surface area (Å²) >= 11 is 3.34. The topological polar surface area (TPSA) is 83.6 Å². The van der Waals surface area contributed by atoms with Gasteiger partial charge in [0.25, 0.3) is 5.91 Å². The molecule has 0 aliphatic carbocycles. The number of amides is 1. The number of rotatable bonds is 4. The molecule has 0 spiro atoms. The van der Waals surface area contributed by atoms with E-state index in [0.29, 0.717) is 6.54 Å². The summed E-state index contributed by atoms with van der Waals surface area (Å²) in [4.78, 5) is 24.2. The van der Waals surface area contributed by atoms with Crippen LogP contribution < -0.4 is 0 Å². The molecule has 1 heterocycles. The summed E-state index contributed by atoms with van der Waals surface area (Å²) in [6, 6.07) is 8.65. The molecule has 0 saturated heterocycles. The highest BCUT2D eigenvalue weighted by Gasteiger charge is 2.19. The molecule has 7 heteroatoms. The van der Waals surface area contributed by atoms with E-state index in [4.69, 9.17) is 5.11 Å². The van der Waals surface area contributed by atoms with Crippen molar-refractivity contribution in [3.8, 4) is 0 Å². The molecule has 0 fully saturated rings. The second kappa shape index (κ2) is 5.87. The lowest BCUT2D eigenvalue weighted by atomic mass is 10.2. The zero-order chi connectivity index (χ0) is 14.7. The fourth-order valence-electron chi connectivity index (χ4n) is 1.61. The van der Waals surface area contributed by atoms with Crippen molar-refractivity contribution >= 4 is 27.8 Å². The van der Waals surface area contributed by atoms with Crippen LogP contribution in [0.2, 0.25) is 0 Å². The van der Waals surface area contributed by atoms with Crippen LogP contribution in [0.1, 0.15) is 26.6 Å². The smallest absolute Gasteiger partial charge is 0.374 e. The van der Waals surface area contributed by atoms with E-state index in [1.165, 1.54) is 4.90 Å². The number of nitrogens with zero attached hydrogens (tertiary/aromatic N) is 2. The Balaban J connectivity index is 2.07. The maximum Gasteiger partial charge on any atom is 0.374 e. The second-order valence-electron chi connectivity index (χ2n) is 4.17. The van der Waals surface area contributed by atoms with Gasteiger partial charge in [0, 0.05) is 24.1 Å². The molecule has 0 unspecified atom stereocenters. The highest BCUT2D eigenvalue weighted by atomic mass is 79.9. The minimum Gasteiger partial charge on any atom is -0.475 e. The first-order valence-corrected chi connectivity index (χ1v) is 6.46. The van der Waals surface area contributed by atoms with Crippen molar-refractivity contribution < 1.29 is 19.2 Å². The Hall–Kier alpha value is -2.15. The van der Waals surface area contributed by atoms with Crippen LogP contribution >= 0.6 is 15.9 Å². The maximum atomic E-state index is 12.1. The van der Waals surface area contributed by atoms with Crippen molar-refractivity contribution in [2.75, 3.05) is 7.05 Å². The molecule has 0 aliphatic rings. The lowest BCUT2D eigenvalue weighted by Gasteiger charge is -2.15. The monoisotopic (exact) mass is 338 g/mol. The molecule has 1 amide bonds. The molecule has 0 aliphatic heterocycles. The highest BCUT2D eigenvalue weighted by molar-refractivity contribution is 9.10. The van der Waals surface area contributed by atoms with Gasteiger partial charge in [0.1, 0.15) is 0 Å². The molecule has 1 N–H and O–H groups in total. The Labute approximate surface area is 123 Å². The summed E-state index contributed by atoms with van der Waals surface area (Å²) < 4.78 is 5.52. The fourth-order valence-corrected chi connectivity index (χ4v) is 1.87. The molecule has 1 aromatic heterocycles. The van der Waals surface area contributed by atoms with Crippen LogP contribution in [0.25, 0.3) is 0 Å². The molecule has 20 heavy (non-hydrogen) atoms. The predicted octanol–water partition coefficient (Wildman–Crippen LogP) is 2.41. The second-order valence-corrected chi connectivity index (χ2v) is 5.08. The van der Waals surface area contributed by atoms with E-state index >= 15 is 0 Å².